The molecule has 1 atom stereocenters. The quantitative estimate of drug-likeness (QED) is 0.834. The van der Waals surface area contributed by atoms with Crippen LogP contribution in [-0.4, -0.2) is 38.4 Å². The smallest absolute Gasteiger partial charge is 0.301 e. The van der Waals surface area contributed by atoms with Crippen molar-refractivity contribution in [2.45, 2.75) is 43.0 Å². The van der Waals surface area contributed by atoms with Crippen LogP contribution >= 0.6 is 11.6 Å². The number of benzene rings is 1. The molecule has 126 valence electrons. The normalized spacial score (nSPS) is 23.0. The Kier molecular flexibility index (Phi) is 4.82. The first kappa shape index (κ1) is 16.6. The van der Waals surface area contributed by atoms with Crippen LogP contribution in [0.2, 0.25) is 5.02 Å². The third-order valence-corrected chi connectivity index (χ3v) is 6.72. The summed E-state index contributed by atoms with van der Waals surface area (Å²) in [6, 6.07) is 6.28. The van der Waals surface area contributed by atoms with E-state index in [0.717, 1.165) is 25.7 Å². The van der Waals surface area contributed by atoms with E-state index < -0.39 is 10.0 Å². The molecule has 3 rings (SSSR count). The van der Waals surface area contributed by atoms with Gasteiger partial charge in [0.15, 0.2) is 0 Å². The number of aliphatic imine (C=N–C) groups is 1. The summed E-state index contributed by atoms with van der Waals surface area (Å²) in [5, 5.41) is 0.509. The average Bonchev–Trinajstić information content (AvgIpc) is 3.01. The van der Waals surface area contributed by atoms with Gasteiger partial charge >= 0.3 is 6.02 Å². The van der Waals surface area contributed by atoms with E-state index >= 15 is 0 Å². The zero-order chi connectivity index (χ0) is 16.4. The number of rotatable bonds is 3. The van der Waals surface area contributed by atoms with Gasteiger partial charge in [-0.2, -0.15) is 0 Å². The minimum absolute atomic E-state index is 0.147. The summed E-state index contributed by atoms with van der Waals surface area (Å²) < 4.78 is 32.8. The van der Waals surface area contributed by atoms with Gasteiger partial charge < -0.3 is 4.74 Å². The molecule has 1 unspecified atom stereocenters. The molecule has 2 aliphatic rings. The van der Waals surface area contributed by atoms with E-state index in [1.54, 1.807) is 12.1 Å². The number of sulfonamides is 1. The van der Waals surface area contributed by atoms with Crippen LogP contribution in [0, 0.1) is 5.92 Å². The Labute approximate surface area is 142 Å². The van der Waals surface area contributed by atoms with Crippen LogP contribution in [0.1, 0.15) is 32.1 Å². The van der Waals surface area contributed by atoms with Crippen molar-refractivity contribution in [3.63, 3.8) is 0 Å². The lowest BCUT2D eigenvalue weighted by molar-refractivity contribution is 0.234. The predicted molar refractivity (Wildman–Crippen MR) is 90.2 cm³/mol. The summed E-state index contributed by atoms with van der Waals surface area (Å²) in [6.45, 7) is 0.473. The van der Waals surface area contributed by atoms with E-state index in [1.807, 2.05) is 0 Å². The molecule has 0 saturated heterocycles. The Hall–Kier alpha value is -1.27. The maximum Gasteiger partial charge on any atom is 0.301 e. The van der Waals surface area contributed by atoms with Crippen LogP contribution in [0.3, 0.4) is 0 Å². The standard InChI is InChI=1S/C16H21ClN2O3S/c1-22-16-18-11-15(12-5-3-2-4-6-12)19(16)23(20,21)14-9-7-13(17)8-10-14/h7-10,12,15H,2-6,11H2,1H3. The number of hydrogen-bond acceptors (Lipinski definition) is 4. The van der Waals surface area contributed by atoms with Crippen molar-refractivity contribution in [2.24, 2.45) is 10.9 Å². The Bertz CT molecular complexity index is 682. The first-order valence-corrected chi connectivity index (χ1v) is 9.74. The minimum Gasteiger partial charge on any atom is -0.468 e. The lowest BCUT2D eigenvalue weighted by Crippen LogP contribution is -2.46. The second-order valence-corrected chi connectivity index (χ2v) is 8.30. The Morgan fingerprint density at radius 1 is 1.17 bits per heavy atom. The number of methoxy groups -OCH3 is 1. The van der Waals surface area contributed by atoms with Gasteiger partial charge in [0.2, 0.25) is 0 Å². The van der Waals surface area contributed by atoms with Gasteiger partial charge in [0.25, 0.3) is 10.0 Å². The van der Waals surface area contributed by atoms with Gasteiger partial charge in [-0.25, -0.2) is 17.7 Å². The van der Waals surface area contributed by atoms with E-state index in [9.17, 15) is 8.42 Å². The number of amidine groups is 1. The highest BCUT2D eigenvalue weighted by atomic mass is 35.5. The third-order valence-electron chi connectivity index (χ3n) is 4.65. The van der Waals surface area contributed by atoms with Gasteiger partial charge in [0, 0.05) is 5.02 Å². The van der Waals surface area contributed by atoms with Crippen molar-refractivity contribution in [2.75, 3.05) is 13.7 Å². The van der Waals surface area contributed by atoms with Crippen LogP contribution < -0.4 is 0 Å². The van der Waals surface area contributed by atoms with E-state index in [2.05, 4.69) is 4.99 Å². The highest BCUT2D eigenvalue weighted by molar-refractivity contribution is 7.89. The van der Waals surface area contributed by atoms with E-state index in [1.165, 1.54) is 30.0 Å². The maximum atomic E-state index is 13.1. The Balaban J connectivity index is 1.94. The number of nitrogens with zero attached hydrogens (tertiary/aromatic N) is 2. The van der Waals surface area contributed by atoms with Crippen molar-refractivity contribution in [1.82, 2.24) is 4.31 Å². The van der Waals surface area contributed by atoms with Crippen molar-refractivity contribution in [3.8, 4) is 0 Å². The molecule has 1 aromatic carbocycles. The molecule has 0 N–H and O–H groups in total. The summed E-state index contributed by atoms with van der Waals surface area (Å²) in [5.41, 5.74) is 0. The molecule has 7 heteroatoms. The van der Waals surface area contributed by atoms with Crippen LogP contribution in [0.4, 0.5) is 0 Å². The van der Waals surface area contributed by atoms with Gasteiger partial charge in [-0.3, -0.25) is 0 Å². The molecule has 1 fully saturated rings. The van der Waals surface area contributed by atoms with Gasteiger partial charge in [0.05, 0.1) is 24.6 Å². The van der Waals surface area contributed by atoms with Crippen molar-refractivity contribution >= 4 is 27.6 Å². The molecule has 1 aromatic rings. The predicted octanol–water partition coefficient (Wildman–Crippen LogP) is 3.30. The summed E-state index contributed by atoms with van der Waals surface area (Å²) in [4.78, 5) is 4.53. The fourth-order valence-electron chi connectivity index (χ4n) is 3.47. The number of ether oxygens (including phenoxy) is 1. The monoisotopic (exact) mass is 356 g/mol. The Morgan fingerprint density at radius 3 is 2.43 bits per heavy atom. The molecule has 0 bridgehead atoms. The van der Waals surface area contributed by atoms with Crippen LogP contribution in [0.25, 0.3) is 0 Å². The number of hydrogen-bond donors (Lipinski definition) is 0. The molecule has 0 amide bonds. The molecular weight excluding hydrogens is 336 g/mol. The third kappa shape index (κ3) is 3.19. The SMILES string of the molecule is COC1=NCC(C2CCCCC2)N1S(=O)(=O)c1ccc(Cl)cc1. The number of halogens is 1. The first-order chi connectivity index (χ1) is 11.0. The minimum atomic E-state index is -3.70. The highest BCUT2D eigenvalue weighted by Crippen LogP contribution is 2.34. The van der Waals surface area contributed by atoms with Gasteiger partial charge in [-0.15, -0.1) is 0 Å². The van der Waals surface area contributed by atoms with Crippen LogP contribution in [0.15, 0.2) is 34.2 Å². The van der Waals surface area contributed by atoms with E-state index in [4.69, 9.17) is 16.3 Å². The maximum absolute atomic E-state index is 13.1. The summed E-state index contributed by atoms with van der Waals surface area (Å²) in [7, 11) is -2.23. The lowest BCUT2D eigenvalue weighted by atomic mass is 9.84. The summed E-state index contributed by atoms with van der Waals surface area (Å²) in [5.74, 6) is 0.335. The second kappa shape index (κ2) is 6.69. The fourth-order valence-corrected chi connectivity index (χ4v) is 5.24. The first-order valence-electron chi connectivity index (χ1n) is 7.92. The lowest BCUT2D eigenvalue weighted by Gasteiger charge is -2.33. The van der Waals surface area contributed by atoms with Gasteiger partial charge in [-0.1, -0.05) is 30.9 Å². The zero-order valence-electron chi connectivity index (χ0n) is 13.1. The van der Waals surface area contributed by atoms with Crippen molar-refractivity contribution < 1.29 is 13.2 Å². The molecule has 1 saturated carbocycles. The topological polar surface area (TPSA) is 59.0 Å². The van der Waals surface area contributed by atoms with Crippen molar-refractivity contribution in [3.05, 3.63) is 29.3 Å². The summed E-state index contributed by atoms with van der Waals surface area (Å²) >= 11 is 5.87. The molecule has 0 radical (unpaired) electrons. The molecule has 5 nitrogen and oxygen atoms in total. The Morgan fingerprint density at radius 2 is 1.83 bits per heavy atom. The average molecular weight is 357 g/mol. The molecule has 0 spiro atoms. The molecular formula is C16H21ClN2O3S. The highest BCUT2D eigenvalue weighted by Gasteiger charge is 2.43. The molecule has 1 aliphatic carbocycles. The molecule has 23 heavy (non-hydrogen) atoms. The van der Waals surface area contributed by atoms with Crippen LogP contribution in [0.5, 0.6) is 0 Å². The van der Waals surface area contributed by atoms with Crippen LogP contribution in [-0.2, 0) is 14.8 Å². The van der Waals surface area contributed by atoms with Crippen molar-refractivity contribution in [1.29, 1.82) is 0 Å². The second-order valence-electron chi connectivity index (χ2n) is 6.05. The zero-order valence-corrected chi connectivity index (χ0v) is 14.7. The van der Waals surface area contributed by atoms with E-state index in [-0.39, 0.29) is 17.0 Å². The van der Waals surface area contributed by atoms with Gasteiger partial charge in [0.1, 0.15) is 0 Å². The molecule has 0 aromatic heterocycles. The largest absolute Gasteiger partial charge is 0.468 e. The van der Waals surface area contributed by atoms with Gasteiger partial charge in [-0.05, 0) is 43.0 Å². The fraction of sp³-hybridized carbons (Fsp3) is 0.562. The summed E-state index contributed by atoms with van der Waals surface area (Å²) in [6.07, 6.45) is 5.62. The molecule has 1 heterocycles. The molecule has 1 aliphatic heterocycles. The van der Waals surface area contributed by atoms with E-state index in [0.29, 0.717) is 17.5 Å².